The molecule has 8 heteroatoms. The van der Waals surface area contributed by atoms with E-state index in [4.69, 9.17) is 13.9 Å². The van der Waals surface area contributed by atoms with Gasteiger partial charge in [-0.25, -0.2) is 4.39 Å². The molecule has 7 nitrogen and oxygen atoms in total. The van der Waals surface area contributed by atoms with Gasteiger partial charge in [0.2, 0.25) is 0 Å². The summed E-state index contributed by atoms with van der Waals surface area (Å²) >= 11 is 0. The molecular weight excluding hydrogens is 403 g/mol. The lowest BCUT2D eigenvalue weighted by molar-refractivity contribution is -0.0585. The molecule has 1 fully saturated rings. The zero-order valence-electron chi connectivity index (χ0n) is 17.5. The van der Waals surface area contributed by atoms with Crippen molar-refractivity contribution < 1.29 is 28.2 Å². The van der Waals surface area contributed by atoms with Crippen LogP contribution in [0.15, 0.2) is 59.7 Å². The van der Waals surface area contributed by atoms with Crippen LogP contribution in [0.2, 0.25) is 0 Å². The Labute approximate surface area is 181 Å². The quantitative estimate of drug-likeness (QED) is 0.434. The minimum absolute atomic E-state index is 0.0107. The highest BCUT2D eigenvalue weighted by atomic mass is 19.1. The molecule has 0 radical (unpaired) electrons. The average molecular weight is 432 g/mol. The van der Waals surface area contributed by atoms with Gasteiger partial charge >= 0.3 is 0 Å². The van der Waals surface area contributed by atoms with Gasteiger partial charge in [0.1, 0.15) is 11.6 Å². The number of morpholine rings is 1. The first-order chi connectivity index (χ1) is 15.1. The highest BCUT2D eigenvalue weighted by Crippen LogP contribution is 2.16. The Kier molecular flexibility index (Phi) is 8.78. The van der Waals surface area contributed by atoms with Crippen LogP contribution < -0.4 is 0 Å². The second kappa shape index (κ2) is 11.8. The van der Waals surface area contributed by atoms with Gasteiger partial charge in [-0.15, -0.1) is 6.58 Å². The number of carbonyl (C=O) groups excluding carboxylic acids is 1. The highest BCUT2D eigenvalue weighted by Gasteiger charge is 2.28. The third kappa shape index (κ3) is 7.00. The summed E-state index contributed by atoms with van der Waals surface area (Å²) in [5.41, 5.74) is 0.0107. The fraction of sp³-hybridized carbons (Fsp3) is 0.435. The molecule has 0 aliphatic carbocycles. The van der Waals surface area contributed by atoms with Crippen LogP contribution in [0.4, 0.5) is 4.39 Å². The van der Waals surface area contributed by atoms with Crippen LogP contribution in [0.5, 0.6) is 0 Å². The van der Waals surface area contributed by atoms with E-state index < -0.39 is 17.8 Å². The maximum Gasteiger partial charge on any atom is 0.257 e. The van der Waals surface area contributed by atoms with Crippen LogP contribution >= 0.6 is 0 Å². The van der Waals surface area contributed by atoms with Gasteiger partial charge in [0.15, 0.2) is 0 Å². The Morgan fingerprint density at radius 3 is 2.97 bits per heavy atom. The fourth-order valence-electron chi connectivity index (χ4n) is 3.56. The molecule has 0 spiro atoms. The van der Waals surface area contributed by atoms with E-state index in [1.54, 1.807) is 30.3 Å². The summed E-state index contributed by atoms with van der Waals surface area (Å²) in [5.74, 6) is -0.383. The number of aliphatic hydroxyl groups excluding tert-OH is 1. The number of carbonyl (C=O) groups is 1. The number of β-amino-alcohol motifs (C(OH)–C–C–N with tert-alkyl or cyclic N) is 1. The number of benzene rings is 1. The van der Waals surface area contributed by atoms with Gasteiger partial charge in [-0.1, -0.05) is 18.2 Å². The van der Waals surface area contributed by atoms with Gasteiger partial charge in [0.25, 0.3) is 5.91 Å². The molecule has 1 aromatic heterocycles. The molecule has 1 N–H and O–H groups in total. The second-order valence-electron chi connectivity index (χ2n) is 7.48. The van der Waals surface area contributed by atoms with E-state index in [0.29, 0.717) is 38.6 Å². The molecule has 1 amide bonds. The number of aliphatic hydroxyl groups is 1. The molecule has 2 heterocycles. The summed E-state index contributed by atoms with van der Waals surface area (Å²) in [6.07, 6.45) is 2.27. The summed E-state index contributed by atoms with van der Waals surface area (Å²) in [4.78, 5) is 16.7. The van der Waals surface area contributed by atoms with E-state index in [9.17, 15) is 14.3 Å². The number of rotatable bonds is 11. The van der Waals surface area contributed by atoms with Gasteiger partial charge in [0.05, 0.1) is 50.4 Å². The fourth-order valence-corrected chi connectivity index (χ4v) is 3.56. The molecule has 3 rings (SSSR count). The Morgan fingerprint density at radius 1 is 1.39 bits per heavy atom. The van der Waals surface area contributed by atoms with Gasteiger partial charge in [-0.2, -0.15) is 0 Å². The highest BCUT2D eigenvalue weighted by molar-refractivity contribution is 5.94. The predicted octanol–water partition coefficient (Wildman–Crippen LogP) is 2.33. The first kappa shape index (κ1) is 23.1. The van der Waals surface area contributed by atoms with Gasteiger partial charge in [0, 0.05) is 26.2 Å². The van der Waals surface area contributed by atoms with E-state index in [1.807, 2.05) is 0 Å². The summed E-state index contributed by atoms with van der Waals surface area (Å²) in [6.45, 7) is 6.81. The zero-order valence-corrected chi connectivity index (χ0v) is 17.5. The van der Waals surface area contributed by atoms with Crippen molar-refractivity contribution in [2.24, 2.45) is 0 Å². The minimum Gasteiger partial charge on any atom is -0.467 e. The van der Waals surface area contributed by atoms with E-state index >= 15 is 0 Å². The summed E-state index contributed by atoms with van der Waals surface area (Å²) in [7, 11) is 0. The van der Waals surface area contributed by atoms with Crippen LogP contribution in [0, 0.1) is 5.82 Å². The van der Waals surface area contributed by atoms with E-state index in [2.05, 4.69) is 11.5 Å². The summed E-state index contributed by atoms with van der Waals surface area (Å²) < 4.78 is 30.8. The molecule has 31 heavy (non-hydrogen) atoms. The molecule has 2 aromatic rings. The van der Waals surface area contributed by atoms with Crippen LogP contribution in [-0.2, 0) is 16.0 Å². The lowest BCUT2D eigenvalue weighted by Crippen LogP contribution is -2.50. The molecule has 2 unspecified atom stereocenters. The number of hydrogen-bond donors (Lipinski definition) is 1. The third-order valence-corrected chi connectivity index (χ3v) is 4.98. The molecule has 0 saturated carbocycles. The SMILES string of the molecule is C=CCOCC(O)CN1CCOC(CN(Cc2ccco2)C(=O)c2ccccc2F)C1. The molecule has 0 bridgehead atoms. The lowest BCUT2D eigenvalue weighted by atomic mass is 10.1. The van der Waals surface area contributed by atoms with Gasteiger partial charge < -0.3 is 23.9 Å². The Balaban J connectivity index is 1.64. The number of ether oxygens (including phenoxy) is 2. The number of nitrogens with zero attached hydrogens (tertiary/aromatic N) is 2. The molecule has 168 valence electrons. The molecular formula is C23H29FN2O5. The molecule has 1 aliphatic heterocycles. The maximum absolute atomic E-state index is 14.2. The summed E-state index contributed by atoms with van der Waals surface area (Å²) in [6, 6.07) is 9.45. The number of halogens is 1. The van der Waals surface area contributed by atoms with Crippen molar-refractivity contribution in [2.45, 2.75) is 18.8 Å². The standard InChI is InChI=1S/C23H29FN2O5/c1-2-10-29-17-18(27)13-25-9-12-31-20(14-25)16-26(15-19-6-5-11-30-19)23(28)21-7-3-4-8-22(21)24/h2-8,11,18,20,27H,1,9-10,12-17H2. The van der Waals surface area contributed by atoms with Crippen molar-refractivity contribution >= 4 is 5.91 Å². The zero-order chi connectivity index (χ0) is 22.1. The third-order valence-electron chi connectivity index (χ3n) is 4.98. The van der Waals surface area contributed by atoms with Crippen LogP contribution in [0.1, 0.15) is 16.1 Å². The van der Waals surface area contributed by atoms with E-state index in [0.717, 1.165) is 0 Å². The monoisotopic (exact) mass is 432 g/mol. The van der Waals surface area contributed by atoms with Crippen molar-refractivity contribution in [3.63, 3.8) is 0 Å². The van der Waals surface area contributed by atoms with Gasteiger partial charge in [-0.3, -0.25) is 9.69 Å². The first-order valence-corrected chi connectivity index (χ1v) is 10.3. The maximum atomic E-state index is 14.2. The van der Waals surface area contributed by atoms with Crippen molar-refractivity contribution in [1.82, 2.24) is 9.80 Å². The van der Waals surface area contributed by atoms with Crippen LogP contribution in [0.3, 0.4) is 0 Å². The van der Waals surface area contributed by atoms with Crippen molar-refractivity contribution in [3.05, 3.63) is 72.5 Å². The van der Waals surface area contributed by atoms with Crippen LogP contribution in [-0.4, -0.2) is 79.0 Å². The normalized spacial score (nSPS) is 17.9. The largest absolute Gasteiger partial charge is 0.467 e. The number of furan rings is 1. The number of amides is 1. The number of hydrogen-bond acceptors (Lipinski definition) is 6. The predicted molar refractivity (Wildman–Crippen MR) is 113 cm³/mol. The minimum atomic E-state index is -0.627. The molecule has 2 atom stereocenters. The van der Waals surface area contributed by atoms with Crippen LogP contribution in [0.25, 0.3) is 0 Å². The first-order valence-electron chi connectivity index (χ1n) is 10.3. The Morgan fingerprint density at radius 2 is 2.23 bits per heavy atom. The molecule has 1 saturated heterocycles. The second-order valence-corrected chi connectivity index (χ2v) is 7.48. The molecule has 1 aliphatic rings. The Hall–Kier alpha value is -2.52. The van der Waals surface area contributed by atoms with E-state index in [-0.39, 0.29) is 31.4 Å². The lowest BCUT2D eigenvalue weighted by Gasteiger charge is -2.36. The Bertz CT molecular complexity index is 829. The summed E-state index contributed by atoms with van der Waals surface area (Å²) in [5, 5.41) is 10.2. The molecule has 1 aromatic carbocycles. The van der Waals surface area contributed by atoms with Crippen molar-refractivity contribution in [2.75, 3.05) is 46.0 Å². The average Bonchev–Trinajstić information content (AvgIpc) is 3.27. The van der Waals surface area contributed by atoms with Crippen molar-refractivity contribution in [1.29, 1.82) is 0 Å². The van der Waals surface area contributed by atoms with Crippen molar-refractivity contribution in [3.8, 4) is 0 Å². The smallest absolute Gasteiger partial charge is 0.257 e. The van der Waals surface area contributed by atoms with E-state index in [1.165, 1.54) is 23.3 Å². The van der Waals surface area contributed by atoms with Gasteiger partial charge in [-0.05, 0) is 24.3 Å². The topological polar surface area (TPSA) is 75.4 Å².